The number of ketones is 1. The summed E-state index contributed by atoms with van der Waals surface area (Å²) in [6.45, 7) is 0. The van der Waals surface area contributed by atoms with E-state index in [-0.39, 0.29) is 11.7 Å². The van der Waals surface area contributed by atoms with Gasteiger partial charge in [-0.3, -0.25) is 4.79 Å². The number of methoxy groups -OCH3 is 2. The van der Waals surface area contributed by atoms with E-state index in [1.54, 1.807) is 20.3 Å². The summed E-state index contributed by atoms with van der Waals surface area (Å²) in [5.74, 6) is 0.854. The molecule has 0 aromatic heterocycles. The molecule has 0 saturated heterocycles. The highest BCUT2D eigenvalue weighted by Crippen LogP contribution is 2.40. The summed E-state index contributed by atoms with van der Waals surface area (Å²) in [5, 5.41) is 3.61. The molecule has 1 fully saturated rings. The summed E-state index contributed by atoms with van der Waals surface area (Å²) in [4.78, 5) is 15.2. The van der Waals surface area contributed by atoms with Crippen LogP contribution in [0.1, 0.15) is 30.7 Å². The fourth-order valence-corrected chi connectivity index (χ4v) is 3.25. The molecule has 0 bridgehead atoms. The summed E-state index contributed by atoms with van der Waals surface area (Å²) in [5.41, 5.74) is 9.40. The van der Waals surface area contributed by atoms with Gasteiger partial charge in [0.15, 0.2) is 11.5 Å². The molecular formula is C14H16BrN3O3. The average molecular weight is 354 g/mol. The third-order valence-electron chi connectivity index (χ3n) is 3.71. The SMILES string of the molecule is COc1cc(Br)c(C2CCCC(N=[N+]=[N-])C2=O)cc1OC. The highest BCUT2D eigenvalue weighted by atomic mass is 79.9. The molecule has 1 aromatic rings. The van der Waals surface area contributed by atoms with Crippen LogP contribution in [0.25, 0.3) is 10.4 Å². The van der Waals surface area contributed by atoms with Gasteiger partial charge in [0.1, 0.15) is 5.78 Å². The summed E-state index contributed by atoms with van der Waals surface area (Å²) in [7, 11) is 3.12. The maximum Gasteiger partial charge on any atom is 0.161 e. The van der Waals surface area contributed by atoms with E-state index in [1.807, 2.05) is 6.07 Å². The van der Waals surface area contributed by atoms with E-state index in [9.17, 15) is 4.79 Å². The number of carbonyl (C=O) groups is 1. The number of ether oxygens (including phenoxy) is 2. The van der Waals surface area contributed by atoms with Gasteiger partial charge in [0, 0.05) is 15.3 Å². The lowest BCUT2D eigenvalue weighted by molar-refractivity contribution is -0.123. The molecule has 2 unspecified atom stereocenters. The molecule has 0 amide bonds. The highest BCUT2D eigenvalue weighted by molar-refractivity contribution is 9.10. The standard InChI is InChI=1S/C14H16BrN3O3/c1-20-12-6-9(10(15)7-13(12)21-2)8-4-3-5-11(14(8)19)17-18-16/h6-8,11H,3-5H2,1-2H3. The van der Waals surface area contributed by atoms with Gasteiger partial charge in [0.05, 0.1) is 20.3 Å². The molecule has 0 radical (unpaired) electrons. The number of hydrogen-bond acceptors (Lipinski definition) is 4. The Morgan fingerprint density at radius 1 is 1.29 bits per heavy atom. The van der Waals surface area contributed by atoms with Crippen molar-refractivity contribution in [2.45, 2.75) is 31.2 Å². The molecule has 1 aliphatic carbocycles. The summed E-state index contributed by atoms with van der Waals surface area (Å²) < 4.78 is 11.3. The van der Waals surface area contributed by atoms with E-state index in [1.165, 1.54) is 0 Å². The van der Waals surface area contributed by atoms with Crippen LogP contribution in [0.4, 0.5) is 0 Å². The van der Waals surface area contributed by atoms with Crippen molar-refractivity contribution in [1.82, 2.24) is 0 Å². The van der Waals surface area contributed by atoms with Crippen LogP contribution in [0.15, 0.2) is 21.7 Å². The zero-order valence-electron chi connectivity index (χ0n) is 11.9. The van der Waals surface area contributed by atoms with Gasteiger partial charge in [-0.15, -0.1) is 0 Å². The lowest BCUT2D eigenvalue weighted by atomic mass is 9.80. The monoisotopic (exact) mass is 353 g/mol. The van der Waals surface area contributed by atoms with Crippen LogP contribution in [-0.2, 0) is 4.79 Å². The minimum absolute atomic E-state index is 0.0352. The molecule has 0 N–H and O–H groups in total. The van der Waals surface area contributed by atoms with Crippen molar-refractivity contribution in [3.63, 3.8) is 0 Å². The second-order valence-corrected chi connectivity index (χ2v) is 5.69. The summed E-state index contributed by atoms with van der Waals surface area (Å²) in [6.07, 6.45) is 2.20. The normalized spacial score (nSPS) is 21.6. The Morgan fingerprint density at radius 3 is 2.57 bits per heavy atom. The van der Waals surface area contributed by atoms with E-state index in [4.69, 9.17) is 15.0 Å². The first-order valence-electron chi connectivity index (χ1n) is 6.61. The van der Waals surface area contributed by atoms with Crippen molar-refractivity contribution >= 4 is 21.7 Å². The van der Waals surface area contributed by atoms with Crippen LogP contribution in [-0.4, -0.2) is 26.0 Å². The number of nitrogens with zero attached hydrogens (tertiary/aromatic N) is 3. The topological polar surface area (TPSA) is 84.3 Å². The Hall–Kier alpha value is -1.72. The zero-order chi connectivity index (χ0) is 15.4. The summed E-state index contributed by atoms with van der Waals surface area (Å²) >= 11 is 3.48. The minimum Gasteiger partial charge on any atom is -0.493 e. The van der Waals surface area contributed by atoms with Gasteiger partial charge < -0.3 is 9.47 Å². The predicted octanol–water partition coefficient (Wildman–Crippen LogP) is 3.98. The van der Waals surface area contributed by atoms with Gasteiger partial charge in [-0.25, -0.2) is 0 Å². The van der Waals surface area contributed by atoms with Crippen LogP contribution < -0.4 is 9.47 Å². The molecule has 6 nitrogen and oxygen atoms in total. The van der Waals surface area contributed by atoms with Gasteiger partial charge in [-0.1, -0.05) is 27.5 Å². The van der Waals surface area contributed by atoms with Crippen molar-refractivity contribution < 1.29 is 14.3 Å². The second-order valence-electron chi connectivity index (χ2n) is 4.84. The number of rotatable bonds is 4. The average Bonchev–Trinajstić information content (AvgIpc) is 2.49. The quantitative estimate of drug-likeness (QED) is 0.466. The van der Waals surface area contributed by atoms with Gasteiger partial charge in [-0.2, -0.15) is 0 Å². The number of hydrogen-bond donors (Lipinski definition) is 0. The van der Waals surface area contributed by atoms with Crippen molar-refractivity contribution in [3.05, 3.63) is 32.6 Å². The van der Waals surface area contributed by atoms with Crippen molar-refractivity contribution in [1.29, 1.82) is 0 Å². The molecule has 112 valence electrons. The number of Topliss-reactive ketones (excluding diaryl/α,β-unsaturated/α-hetero) is 1. The van der Waals surface area contributed by atoms with E-state index in [0.29, 0.717) is 17.9 Å². The molecule has 7 heteroatoms. The first-order valence-corrected chi connectivity index (χ1v) is 7.41. The van der Waals surface area contributed by atoms with Crippen molar-refractivity contribution in [2.75, 3.05) is 14.2 Å². The number of benzene rings is 1. The van der Waals surface area contributed by atoms with E-state index in [2.05, 4.69) is 26.0 Å². The Morgan fingerprint density at radius 2 is 1.95 bits per heavy atom. The maximum atomic E-state index is 12.5. The fourth-order valence-electron chi connectivity index (χ4n) is 2.65. The molecule has 1 saturated carbocycles. The van der Waals surface area contributed by atoms with Gasteiger partial charge in [-0.05, 0) is 36.1 Å². The van der Waals surface area contributed by atoms with Gasteiger partial charge >= 0.3 is 0 Å². The Balaban J connectivity index is 2.40. The number of carbonyl (C=O) groups excluding carboxylic acids is 1. The second kappa shape index (κ2) is 6.83. The molecule has 21 heavy (non-hydrogen) atoms. The highest BCUT2D eigenvalue weighted by Gasteiger charge is 2.33. The number of azide groups is 1. The van der Waals surface area contributed by atoms with E-state index in [0.717, 1.165) is 22.9 Å². The summed E-state index contributed by atoms with van der Waals surface area (Å²) in [6, 6.07) is 3.02. The predicted molar refractivity (Wildman–Crippen MR) is 81.8 cm³/mol. The van der Waals surface area contributed by atoms with Crippen LogP contribution in [0, 0.1) is 0 Å². The lowest BCUT2D eigenvalue weighted by Crippen LogP contribution is -2.29. The third kappa shape index (κ3) is 3.14. The largest absolute Gasteiger partial charge is 0.493 e. The smallest absolute Gasteiger partial charge is 0.161 e. The molecular weight excluding hydrogens is 338 g/mol. The fraction of sp³-hybridized carbons (Fsp3) is 0.500. The van der Waals surface area contributed by atoms with Gasteiger partial charge in [0.2, 0.25) is 0 Å². The molecule has 0 heterocycles. The van der Waals surface area contributed by atoms with Crippen molar-refractivity contribution in [3.8, 4) is 11.5 Å². The molecule has 2 rings (SSSR count). The minimum atomic E-state index is -0.575. The van der Waals surface area contributed by atoms with E-state index >= 15 is 0 Å². The molecule has 0 spiro atoms. The maximum absolute atomic E-state index is 12.5. The van der Waals surface area contributed by atoms with Gasteiger partial charge in [0.25, 0.3) is 0 Å². The Labute approximate surface area is 131 Å². The van der Waals surface area contributed by atoms with Crippen molar-refractivity contribution in [2.24, 2.45) is 5.11 Å². The zero-order valence-corrected chi connectivity index (χ0v) is 13.5. The third-order valence-corrected chi connectivity index (χ3v) is 4.40. The first kappa shape index (κ1) is 15.7. The molecule has 0 aliphatic heterocycles. The molecule has 1 aliphatic rings. The van der Waals surface area contributed by atoms with Crippen LogP contribution in [0.5, 0.6) is 11.5 Å². The molecule has 2 atom stereocenters. The number of halogens is 1. The van der Waals surface area contributed by atoms with Crippen LogP contribution in [0.3, 0.4) is 0 Å². The Bertz CT molecular complexity index is 599. The van der Waals surface area contributed by atoms with Crippen LogP contribution in [0.2, 0.25) is 0 Å². The first-order chi connectivity index (χ1) is 10.1. The van der Waals surface area contributed by atoms with Crippen LogP contribution >= 0.6 is 15.9 Å². The lowest BCUT2D eigenvalue weighted by Gasteiger charge is -2.26. The van der Waals surface area contributed by atoms with E-state index < -0.39 is 6.04 Å². The Kier molecular flexibility index (Phi) is 5.09. The molecule has 1 aromatic carbocycles.